The zero-order valence-electron chi connectivity index (χ0n) is 17.5. The van der Waals surface area contributed by atoms with Crippen molar-refractivity contribution < 1.29 is 22.5 Å². The summed E-state index contributed by atoms with van der Waals surface area (Å²) in [4.78, 5) is 16.5. The molecule has 2 aromatic carbocycles. The van der Waals surface area contributed by atoms with Crippen LogP contribution in [-0.2, 0) is 19.4 Å². The number of ether oxygens (including phenoxy) is 1. The fraction of sp³-hybridized carbons (Fsp3) is 0.143. The number of carbonyl (C=O) groups excluding carboxylic acids is 1. The maximum Gasteiger partial charge on any atom is 0.357 e. The Labute approximate surface area is 199 Å². The zero-order chi connectivity index (χ0) is 24.0. The van der Waals surface area contributed by atoms with Gasteiger partial charge in [-0.2, -0.15) is 4.98 Å². The number of rotatable bonds is 9. The Morgan fingerprint density at radius 1 is 1.27 bits per heavy atom. The van der Waals surface area contributed by atoms with Crippen molar-refractivity contribution in [2.75, 3.05) is 23.8 Å². The van der Waals surface area contributed by atoms with Crippen LogP contribution in [0.25, 0.3) is 17.2 Å². The van der Waals surface area contributed by atoms with E-state index < -0.39 is 21.5 Å². The van der Waals surface area contributed by atoms with Crippen LogP contribution >= 0.6 is 23.4 Å². The van der Waals surface area contributed by atoms with E-state index in [9.17, 15) is 13.2 Å². The average Bonchev–Trinajstić information content (AvgIpc) is 3.28. The normalized spacial score (nSPS) is 11.8. The van der Waals surface area contributed by atoms with Gasteiger partial charge in [-0.1, -0.05) is 35.0 Å². The van der Waals surface area contributed by atoms with Gasteiger partial charge < -0.3 is 14.6 Å². The van der Waals surface area contributed by atoms with Crippen molar-refractivity contribution in [2.24, 2.45) is 0 Å². The summed E-state index contributed by atoms with van der Waals surface area (Å²) in [6, 6.07) is 12.9. The molecular formula is C21H19ClN4O5S2. The second-order valence-corrected chi connectivity index (χ2v) is 9.87. The quantitative estimate of drug-likeness (QED) is 0.249. The van der Waals surface area contributed by atoms with Crippen LogP contribution in [0.1, 0.15) is 5.82 Å². The van der Waals surface area contributed by atoms with E-state index in [4.69, 9.17) is 26.3 Å². The molecule has 0 saturated carbocycles. The van der Waals surface area contributed by atoms with Crippen molar-refractivity contribution in [3.05, 3.63) is 65.5 Å². The van der Waals surface area contributed by atoms with E-state index in [-0.39, 0.29) is 28.2 Å². The molecule has 0 fully saturated rings. The maximum absolute atomic E-state index is 12.1. The smallest absolute Gasteiger partial charge is 0.357 e. The third kappa shape index (κ3) is 6.44. The molecule has 0 atom stereocenters. The van der Waals surface area contributed by atoms with E-state index >= 15 is 0 Å². The molecule has 0 aliphatic heterocycles. The van der Waals surface area contributed by atoms with E-state index in [1.165, 1.54) is 30.0 Å². The lowest BCUT2D eigenvalue weighted by molar-refractivity contribution is -0.133. The number of hydrogen-bond donors (Lipinski definition) is 2. The van der Waals surface area contributed by atoms with Crippen molar-refractivity contribution in [1.82, 2.24) is 10.1 Å². The highest BCUT2D eigenvalue weighted by molar-refractivity contribution is 7.98. The number of esters is 1. The molecule has 1 heterocycles. The van der Waals surface area contributed by atoms with Crippen molar-refractivity contribution >= 4 is 56.3 Å². The first kappa shape index (κ1) is 24.5. The Morgan fingerprint density at radius 2 is 2.03 bits per heavy atom. The summed E-state index contributed by atoms with van der Waals surface area (Å²) >= 11 is 7.52. The van der Waals surface area contributed by atoms with Crippen LogP contribution in [0.15, 0.2) is 64.0 Å². The molecule has 0 amide bonds. The average molecular weight is 507 g/mol. The minimum atomic E-state index is -3.43. The van der Waals surface area contributed by atoms with Crippen LogP contribution in [0.4, 0.5) is 5.69 Å². The van der Waals surface area contributed by atoms with Gasteiger partial charge in [0.05, 0.1) is 21.3 Å². The van der Waals surface area contributed by atoms with E-state index in [1.807, 2.05) is 0 Å². The number of carbonyl (C=O) groups is 1. The molecule has 0 aliphatic rings. The Balaban J connectivity index is 1.99. The number of nitrogens with zero attached hydrogens (tertiary/aromatic N) is 2. The summed E-state index contributed by atoms with van der Waals surface area (Å²) in [5, 5.41) is 15.4. The molecule has 1 aromatic heterocycles. The number of hydrogen-bond acceptors (Lipinski definition) is 10. The van der Waals surface area contributed by atoms with E-state index in [1.54, 1.807) is 42.7 Å². The minimum Gasteiger partial charge on any atom is -0.450 e. The topological polar surface area (TPSA) is 135 Å². The number of thioether (sulfide) groups is 1. The van der Waals surface area contributed by atoms with Crippen molar-refractivity contribution in [3.63, 3.8) is 0 Å². The van der Waals surface area contributed by atoms with Crippen LogP contribution in [0, 0.1) is 5.41 Å². The Morgan fingerprint density at radius 3 is 2.73 bits per heavy atom. The molecule has 12 heteroatoms. The molecule has 0 bridgehead atoms. The standard InChI is InChI=1S/C21H19ClN4O5S2/c1-32-12-30-21(27)16(23)11-18(24-17-9-4-3-8-15(17)22)19-25-20(31-26-19)13-6-5-7-14(10-13)33(2,28)29/h3-11,23-24H,12H2,1-2H3/b18-11-,23-16?. The summed E-state index contributed by atoms with van der Waals surface area (Å²) in [5.74, 6) is -0.644. The first-order chi connectivity index (χ1) is 15.7. The highest BCUT2D eigenvalue weighted by Gasteiger charge is 2.18. The van der Waals surface area contributed by atoms with Gasteiger partial charge in [-0.15, -0.1) is 11.8 Å². The number of nitrogens with one attached hydrogen (secondary N) is 2. The molecule has 0 radical (unpaired) electrons. The predicted octanol–water partition coefficient (Wildman–Crippen LogP) is 4.13. The second kappa shape index (κ2) is 10.6. The molecule has 33 heavy (non-hydrogen) atoms. The van der Waals surface area contributed by atoms with Crippen LogP contribution in [-0.4, -0.2) is 48.7 Å². The summed E-state index contributed by atoms with van der Waals surface area (Å²) in [5.41, 5.74) is 0.594. The first-order valence-electron chi connectivity index (χ1n) is 9.31. The highest BCUT2D eigenvalue weighted by atomic mass is 35.5. The van der Waals surface area contributed by atoms with Gasteiger partial charge in [0.1, 0.15) is 11.7 Å². The number of para-hydroxylation sites is 1. The number of aromatic nitrogens is 2. The largest absolute Gasteiger partial charge is 0.450 e. The first-order valence-corrected chi connectivity index (χ1v) is 13.0. The third-order valence-corrected chi connectivity index (χ3v) is 5.93. The van der Waals surface area contributed by atoms with Crippen molar-refractivity contribution in [1.29, 1.82) is 5.41 Å². The van der Waals surface area contributed by atoms with Crippen molar-refractivity contribution in [3.8, 4) is 11.5 Å². The number of benzene rings is 2. The molecule has 0 unspecified atom stereocenters. The van der Waals surface area contributed by atoms with Gasteiger partial charge >= 0.3 is 5.97 Å². The molecular weight excluding hydrogens is 488 g/mol. The maximum atomic E-state index is 12.1. The van der Waals surface area contributed by atoms with Gasteiger partial charge in [0.25, 0.3) is 5.89 Å². The van der Waals surface area contributed by atoms with Crippen LogP contribution in [0.2, 0.25) is 5.02 Å². The Kier molecular flexibility index (Phi) is 7.90. The summed E-state index contributed by atoms with van der Waals surface area (Å²) in [6.07, 6.45) is 4.06. The molecule has 0 saturated heterocycles. The molecule has 9 nitrogen and oxygen atoms in total. The van der Waals surface area contributed by atoms with Crippen LogP contribution in [0.5, 0.6) is 0 Å². The molecule has 3 aromatic rings. The summed E-state index contributed by atoms with van der Waals surface area (Å²) < 4.78 is 34.0. The zero-order valence-corrected chi connectivity index (χ0v) is 19.9. The fourth-order valence-corrected chi connectivity index (χ4v) is 3.64. The number of sulfone groups is 1. The number of anilines is 1. The van der Waals surface area contributed by atoms with Crippen molar-refractivity contribution in [2.45, 2.75) is 4.90 Å². The summed E-state index contributed by atoms with van der Waals surface area (Å²) in [7, 11) is -3.43. The second-order valence-electron chi connectivity index (χ2n) is 6.64. The van der Waals surface area contributed by atoms with Gasteiger partial charge in [0.2, 0.25) is 5.82 Å². The van der Waals surface area contributed by atoms with Gasteiger partial charge in [-0.05, 0) is 42.7 Å². The molecule has 2 N–H and O–H groups in total. The van der Waals surface area contributed by atoms with Gasteiger partial charge in [-0.3, -0.25) is 5.41 Å². The lowest BCUT2D eigenvalue weighted by Gasteiger charge is -2.10. The third-order valence-electron chi connectivity index (χ3n) is 4.14. The van der Waals surface area contributed by atoms with E-state index in [0.29, 0.717) is 16.3 Å². The highest BCUT2D eigenvalue weighted by Crippen LogP contribution is 2.27. The lowest BCUT2D eigenvalue weighted by atomic mass is 10.2. The molecule has 3 rings (SSSR count). The van der Waals surface area contributed by atoms with Gasteiger partial charge in [0, 0.05) is 11.8 Å². The van der Waals surface area contributed by atoms with Gasteiger partial charge in [0.15, 0.2) is 9.84 Å². The SMILES string of the molecule is CSCOC(=O)C(=N)/C=C(\Nc1ccccc1Cl)c1noc(-c2cccc(S(C)(=O)=O)c2)n1. The monoisotopic (exact) mass is 506 g/mol. The van der Waals surface area contributed by atoms with E-state index in [2.05, 4.69) is 15.5 Å². The van der Waals surface area contributed by atoms with Gasteiger partial charge in [-0.25, -0.2) is 13.2 Å². The molecule has 0 spiro atoms. The van der Waals surface area contributed by atoms with Crippen LogP contribution < -0.4 is 5.32 Å². The summed E-state index contributed by atoms with van der Waals surface area (Å²) in [6.45, 7) is 0. The fourth-order valence-electron chi connectivity index (χ4n) is 2.57. The number of halogens is 1. The van der Waals surface area contributed by atoms with E-state index in [0.717, 1.165) is 6.26 Å². The molecule has 172 valence electrons. The lowest BCUT2D eigenvalue weighted by Crippen LogP contribution is -2.16. The Hall–Kier alpha value is -3.15. The Bertz CT molecular complexity index is 1320. The minimum absolute atomic E-state index is 0.0251. The predicted molar refractivity (Wildman–Crippen MR) is 128 cm³/mol. The molecule has 0 aliphatic carbocycles. The van der Waals surface area contributed by atoms with Crippen LogP contribution in [0.3, 0.4) is 0 Å².